The molecule has 0 spiro atoms. The van der Waals surface area contributed by atoms with Crippen LogP contribution in [0, 0.1) is 5.41 Å². The van der Waals surface area contributed by atoms with Crippen molar-refractivity contribution in [2.75, 3.05) is 27.7 Å². The van der Waals surface area contributed by atoms with E-state index in [1.165, 1.54) is 12.0 Å². The van der Waals surface area contributed by atoms with Gasteiger partial charge in [0.25, 0.3) is 0 Å². The lowest BCUT2D eigenvalue weighted by Gasteiger charge is -2.39. The second-order valence-electron chi connectivity index (χ2n) is 5.98. The molecule has 2 nitrogen and oxygen atoms in total. The third-order valence-corrected chi connectivity index (χ3v) is 4.23. The van der Waals surface area contributed by atoms with Crippen molar-refractivity contribution in [3.63, 3.8) is 0 Å². The predicted octanol–water partition coefficient (Wildman–Crippen LogP) is 4.17. The van der Waals surface area contributed by atoms with Gasteiger partial charge < -0.3 is 9.64 Å². The third-order valence-electron chi connectivity index (χ3n) is 4.23. The topological polar surface area (TPSA) is 12.5 Å². The Balaban J connectivity index is 3.08. The van der Waals surface area contributed by atoms with E-state index >= 15 is 0 Å². The van der Waals surface area contributed by atoms with Gasteiger partial charge in [0.1, 0.15) is 5.75 Å². The Labute approximate surface area is 118 Å². The summed E-state index contributed by atoms with van der Waals surface area (Å²) in [6.07, 6.45) is 2.34. The minimum Gasteiger partial charge on any atom is -0.497 e. The van der Waals surface area contributed by atoms with E-state index in [1.807, 2.05) is 6.07 Å². The van der Waals surface area contributed by atoms with E-state index in [-0.39, 0.29) is 0 Å². The molecule has 0 saturated heterocycles. The van der Waals surface area contributed by atoms with Crippen LogP contribution >= 0.6 is 0 Å². The van der Waals surface area contributed by atoms with E-state index in [0.717, 1.165) is 18.7 Å². The van der Waals surface area contributed by atoms with Crippen molar-refractivity contribution in [2.24, 2.45) is 5.41 Å². The summed E-state index contributed by atoms with van der Waals surface area (Å²) in [6, 6.07) is 8.55. The fraction of sp³-hybridized carbons (Fsp3) is 0.647. The molecule has 19 heavy (non-hydrogen) atoms. The quantitative estimate of drug-likeness (QED) is 0.732. The van der Waals surface area contributed by atoms with Crippen LogP contribution in [0.2, 0.25) is 0 Å². The van der Waals surface area contributed by atoms with Crippen LogP contribution in [0.1, 0.15) is 45.1 Å². The van der Waals surface area contributed by atoms with E-state index in [4.69, 9.17) is 4.74 Å². The molecule has 2 heteroatoms. The highest BCUT2D eigenvalue weighted by molar-refractivity contribution is 5.32. The molecule has 0 aliphatic rings. The summed E-state index contributed by atoms with van der Waals surface area (Å²) in [7, 11) is 6.05. The Morgan fingerprint density at radius 1 is 1.26 bits per heavy atom. The van der Waals surface area contributed by atoms with E-state index in [9.17, 15) is 0 Å². The zero-order chi connectivity index (χ0) is 14.5. The number of hydrogen-bond acceptors (Lipinski definition) is 2. The van der Waals surface area contributed by atoms with Crippen molar-refractivity contribution in [1.82, 2.24) is 4.90 Å². The summed E-state index contributed by atoms with van der Waals surface area (Å²) in [5.74, 6) is 1.52. The maximum atomic E-state index is 5.37. The molecule has 1 aromatic carbocycles. The molecule has 0 saturated carbocycles. The van der Waals surface area contributed by atoms with Gasteiger partial charge in [-0.15, -0.1) is 0 Å². The lowest BCUT2D eigenvalue weighted by atomic mass is 9.70. The zero-order valence-corrected chi connectivity index (χ0v) is 13.4. The van der Waals surface area contributed by atoms with Crippen molar-refractivity contribution >= 4 is 0 Å². The van der Waals surface area contributed by atoms with Gasteiger partial charge in [-0.05, 0) is 56.0 Å². The second kappa shape index (κ2) is 6.95. The van der Waals surface area contributed by atoms with E-state index in [1.54, 1.807) is 7.11 Å². The average Bonchev–Trinajstić information content (AvgIpc) is 2.39. The van der Waals surface area contributed by atoms with Crippen LogP contribution in [0.25, 0.3) is 0 Å². The molecule has 2 atom stereocenters. The first-order valence-corrected chi connectivity index (χ1v) is 7.25. The third kappa shape index (κ3) is 3.97. The molecule has 0 aliphatic carbocycles. The number of ether oxygens (including phenoxy) is 1. The highest BCUT2D eigenvalue weighted by Gasteiger charge is 2.33. The minimum absolute atomic E-state index is 0.296. The zero-order valence-electron chi connectivity index (χ0n) is 13.4. The molecule has 0 radical (unpaired) electrons. The fourth-order valence-electron chi connectivity index (χ4n) is 3.18. The molecule has 0 aromatic heterocycles. The monoisotopic (exact) mass is 263 g/mol. The van der Waals surface area contributed by atoms with Crippen LogP contribution in [-0.4, -0.2) is 32.6 Å². The molecule has 0 heterocycles. The van der Waals surface area contributed by atoms with Gasteiger partial charge in [0, 0.05) is 6.54 Å². The lowest BCUT2D eigenvalue weighted by Crippen LogP contribution is -2.36. The normalized spacial score (nSPS) is 16.2. The van der Waals surface area contributed by atoms with Gasteiger partial charge in [-0.3, -0.25) is 0 Å². The molecular formula is C17H29NO. The number of methoxy groups -OCH3 is 1. The maximum absolute atomic E-state index is 5.37. The number of benzene rings is 1. The van der Waals surface area contributed by atoms with Crippen molar-refractivity contribution < 1.29 is 4.74 Å². The van der Waals surface area contributed by atoms with Crippen LogP contribution in [0.5, 0.6) is 5.75 Å². The molecule has 1 rings (SSSR count). The van der Waals surface area contributed by atoms with Crippen LogP contribution in [0.4, 0.5) is 0 Å². The molecule has 0 N–H and O–H groups in total. The van der Waals surface area contributed by atoms with Gasteiger partial charge in [-0.25, -0.2) is 0 Å². The van der Waals surface area contributed by atoms with Crippen molar-refractivity contribution in [1.29, 1.82) is 0 Å². The fourth-order valence-corrected chi connectivity index (χ4v) is 3.18. The second-order valence-corrected chi connectivity index (χ2v) is 5.98. The standard InChI is InChI=1S/C17H29NO/c1-7-16(17(3,8-2)13-18(4)5)14-10-9-11-15(12-14)19-6/h9-12,16H,7-8,13H2,1-6H3/t16-,17+/m1/s1. The van der Waals surface area contributed by atoms with Crippen LogP contribution < -0.4 is 4.74 Å². The van der Waals surface area contributed by atoms with Crippen LogP contribution in [0.15, 0.2) is 24.3 Å². The van der Waals surface area contributed by atoms with Crippen molar-refractivity contribution in [2.45, 2.75) is 39.5 Å². The largest absolute Gasteiger partial charge is 0.497 e. The van der Waals surface area contributed by atoms with Gasteiger partial charge in [-0.2, -0.15) is 0 Å². The van der Waals surface area contributed by atoms with Crippen LogP contribution in [-0.2, 0) is 0 Å². The van der Waals surface area contributed by atoms with Crippen LogP contribution in [0.3, 0.4) is 0 Å². The first-order chi connectivity index (χ1) is 8.96. The molecule has 108 valence electrons. The van der Waals surface area contributed by atoms with Gasteiger partial charge >= 0.3 is 0 Å². The van der Waals surface area contributed by atoms with E-state index in [2.05, 4.69) is 58.0 Å². The number of hydrogen-bond donors (Lipinski definition) is 0. The van der Waals surface area contributed by atoms with Gasteiger partial charge in [0.15, 0.2) is 0 Å². The molecule has 0 aliphatic heterocycles. The summed E-state index contributed by atoms with van der Waals surface area (Å²) >= 11 is 0. The van der Waals surface area contributed by atoms with Gasteiger partial charge in [0.2, 0.25) is 0 Å². The highest BCUT2D eigenvalue weighted by atomic mass is 16.5. The van der Waals surface area contributed by atoms with E-state index < -0.39 is 0 Å². The number of rotatable bonds is 7. The Kier molecular flexibility index (Phi) is 5.86. The van der Waals surface area contributed by atoms with Crippen molar-refractivity contribution in [3.05, 3.63) is 29.8 Å². The Morgan fingerprint density at radius 3 is 2.42 bits per heavy atom. The predicted molar refractivity (Wildman–Crippen MR) is 83.0 cm³/mol. The van der Waals surface area contributed by atoms with E-state index in [0.29, 0.717) is 11.3 Å². The first kappa shape index (κ1) is 16.0. The first-order valence-electron chi connectivity index (χ1n) is 7.25. The highest BCUT2D eigenvalue weighted by Crippen LogP contribution is 2.42. The van der Waals surface area contributed by atoms with Crippen molar-refractivity contribution in [3.8, 4) is 5.75 Å². The molecular weight excluding hydrogens is 234 g/mol. The molecule has 0 fully saturated rings. The minimum atomic E-state index is 0.296. The Bertz CT molecular complexity index is 389. The summed E-state index contributed by atoms with van der Waals surface area (Å²) in [5.41, 5.74) is 1.69. The smallest absolute Gasteiger partial charge is 0.119 e. The Morgan fingerprint density at radius 2 is 1.95 bits per heavy atom. The Hall–Kier alpha value is -1.02. The molecule has 1 aromatic rings. The molecule has 0 bridgehead atoms. The van der Waals surface area contributed by atoms with Gasteiger partial charge in [0.05, 0.1) is 7.11 Å². The SMILES string of the molecule is CC[C@H](c1cccc(OC)c1)[C@@](C)(CC)CN(C)C. The molecule has 0 amide bonds. The average molecular weight is 263 g/mol. The maximum Gasteiger partial charge on any atom is 0.119 e. The van der Waals surface area contributed by atoms with Gasteiger partial charge in [-0.1, -0.05) is 32.9 Å². The number of nitrogens with zero attached hydrogens (tertiary/aromatic N) is 1. The lowest BCUT2D eigenvalue weighted by molar-refractivity contribution is 0.164. The summed E-state index contributed by atoms with van der Waals surface area (Å²) in [5, 5.41) is 0. The summed E-state index contributed by atoms with van der Waals surface area (Å²) < 4.78 is 5.37. The molecule has 0 unspecified atom stereocenters. The summed E-state index contributed by atoms with van der Waals surface area (Å²) in [4.78, 5) is 2.30. The summed E-state index contributed by atoms with van der Waals surface area (Å²) in [6.45, 7) is 8.10.